The number of hydrogen-bond donors (Lipinski definition) is 0. The lowest BCUT2D eigenvalue weighted by molar-refractivity contribution is -0.120. The van der Waals surface area contributed by atoms with Gasteiger partial charge in [0.25, 0.3) is 0 Å². The van der Waals surface area contributed by atoms with Crippen molar-refractivity contribution in [2.24, 2.45) is 5.92 Å². The second-order valence-electron chi connectivity index (χ2n) is 7.50. The monoisotopic (exact) mass is 492 g/mol. The highest BCUT2D eigenvalue weighted by molar-refractivity contribution is 6.08. The Kier molecular flexibility index (Phi) is 19.0. The molecule has 1 unspecified atom stereocenters. The first kappa shape index (κ1) is 32.6. The lowest BCUT2D eigenvalue weighted by atomic mass is 10.0. The fraction of sp³-hybridized carbons (Fsp3) is 0.375. The number of rotatable bonds is 10. The maximum absolute atomic E-state index is 12.3. The molecule has 0 aliphatic heterocycles. The summed E-state index contributed by atoms with van der Waals surface area (Å²) < 4.78 is 11.3. The van der Waals surface area contributed by atoms with Crippen LogP contribution in [0.4, 0.5) is 0 Å². The minimum atomic E-state index is 0.0170. The van der Waals surface area contributed by atoms with Gasteiger partial charge in [0, 0.05) is 23.5 Å². The molecule has 3 aromatic carbocycles. The van der Waals surface area contributed by atoms with Crippen LogP contribution in [-0.2, 0) is 4.79 Å². The molecule has 0 bridgehead atoms. The van der Waals surface area contributed by atoms with Crippen LogP contribution >= 0.6 is 0 Å². The average molecular weight is 493 g/mol. The molecule has 3 aromatic rings. The minimum Gasteiger partial charge on any atom is -0.493 e. The number of ketones is 2. The molecular weight excluding hydrogens is 448 g/mol. The Morgan fingerprint density at radius 1 is 0.667 bits per heavy atom. The van der Waals surface area contributed by atoms with Crippen molar-refractivity contribution in [2.75, 3.05) is 13.2 Å². The summed E-state index contributed by atoms with van der Waals surface area (Å²) in [4.78, 5) is 22.7. The van der Waals surface area contributed by atoms with Gasteiger partial charge >= 0.3 is 0 Å². The summed E-state index contributed by atoms with van der Waals surface area (Å²) in [7, 11) is 0. The molecule has 0 aliphatic carbocycles. The van der Waals surface area contributed by atoms with Gasteiger partial charge in [0.1, 0.15) is 17.3 Å². The molecular formula is C32H44O4. The van der Waals surface area contributed by atoms with E-state index in [4.69, 9.17) is 9.47 Å². The Morgan fingerprint density at radius 3 is 1.50 bits per heavy atom. The van der Waals surface area contributed by atoms with E-state index in [0.717, 1.165) is 24.3 Å². The Labute approximate surface area is 218 Å². The fourth-order valence-corrected chi connectivity index (χ4v) is 2.70. The first-order chi connectivity index (χ1) is 17.5. The lowest BCUT2D eigenvalue weighted by Gasteiger charge is -2.08. The largest absolute Gasteiger partial charge is 0.493 e. The molecule has 196 valence electrons. The van der Waals surface area contributed by atoms with E-state index in [2.05, 4.69) is 0 Å². The van der Waals surface area contributed by atoms with Crippen LogP contribution in [0.25, 0.3) is 0 Å². The number of para-hydroxylation sites is 1. The van der Waals surface area contributed by atoms with E-state index in [9.17, 15) is 9.59 Å². The molecule has 0 radical (unpaired) electrons. The predicted molar refractivity (Wildman–Crippen MR) is 151 cm³/mol. The molecule has 0 spiro atoms. The van der Waals surface area contributed by atoms with Crippen molar-refractivity contribution in [2.45, 2.75) is 61.3 Å². The summed E-state index contributed by atoms with van der Waals surface area (Å²) in [5.74, 6) is 2.20. The molecule has 0 saturated heterocycles. The van der Waals surface area contributed by atoms with Crippen LogP contribution in [-0.4, -0.2) is 24.8 Å². The Morgan fingerprint density at radius 2 is 1.08 bits per heavy atom. The molecule has 0 fully saturated rings. The van der Waals surface area contributed by atoms with Crippen LogP contribution in [0, 0.1) is 5.92 Å². The highest BCUT2D eigenvalue weighted by Gasteiger charge is 2.08. The van der Waals surface area contributed by atoms with E-state index in [1.807, 2.05) is 114 Å². The van der Waals surface area contributed by atoms with Gasteiger partial charge < -0.3 is 9.47 Å². The molecule has 0 aliphatic rings. The van der Waals surface area contributed by atoms with Crippen molar-refractivity contribution in [3.05, 3.63) is 96.1 Å². The van der Waals surface area contributed by atoms with Crippen LogP contribution in [0.2, 0.25) is 0 Å². The summed E-state index contributed by atoms with van der Waals surface area (Å²) in [5.41, 5.74) is 1.35. The normalized spacial score (nSPS) is 10.1. The maximum Gasteiger partial charge on any atom is 0.193 e. The van der Waals surface area contributed by atoms with Crippen molar-refractivity contribution in [1.82, 2.24) is 0 Å². The van der Waals surface area contributed by atoms with Gasteiger partial charge in [-0.1, -0.05) is 90.1 Å². The van der Waals surface area contributed by atoms with Crippen molar-refractivity contribution in [3.8, 4) is 11.5 Å². The first-order valence-electron chi connectivity index (χ1n) is 13.0. The fourth-order valence-electron chi connectivity index (χ4n) is 2.70. The van der Waals surface area contributed by atoms with Crippen molar-refractivity contribution in [1.29, 1.82) is 0 Å². The molecule has 1 atom stereocenters. The van der Waals surface area contributed by atoms with Gasteiger partial charge in [0.2, 0.25) is 0 Å². The molecule has 0 saturated carbocycles. The molecule has 0 N–H and O–H groups in total. The van der Waals surface area contributed by atoms with Crippen LogP contribution in [0.15, 0.2) is 84.9 Å². The minimum absolute atomic E-state index is 0.0170. The zero-order valence-electron chi connectivity index (χ0n) is 23.1. The number of Topliss-reactive ketones (excluding diaryl/α,β-unsaturated/α-hetero) is 1. The summed E-state index contributed by atoms with van der Waals surface area (Å²) in [6.07, 6.45) is 1.76. The van der Waals surface area contributed by atoms with Gasteiger partial charge in [0.05, 0.1) is 13.2 Å². The molecule has 0 amide bonds. The third-order valence-corrected chi connectivity index (χ3v) is 5.03. The molecule has 4 heteroatoms. The molecule has 0 heterocycles. The third kappa shape index (κ3) is 13.5. The van der Waals surface area contributed by atoms with Crippen LogP contribution in [0.1, 0.15) is 77.2 Å². The SMILES string of the molecule is CC.CC.CCC(C)C(C)=O.O=C(c1ccccc1)c1ccc(OCCCOc2ccccc2)cc1. The number of carbonyl (C=O) groups excluding carboxylic acids is 2. The van der Waals surface area contributed by atoms with Crippen molar-refractivity contribution >= 4 is 11.6 Å². The lowest BCUT2D eigenvalue weighted by Crippen LogP contribution is -2.05. The standard InChI is InChI=1S/C22H20O3.C6H12O.2C2H6/c23-22(18-8-3-1-4-9-18)19-12-14-21(15-13-19)25-17-7-16-24-20-10-5-2-6-11-20;1-4-5(2)6(3)7;2*1-2/h1-6,8-15H,7,16-17H2;5H,4H2,1-3H3;2*1-2H3. The zero-order valence-corrected chi connectivity index (χ0v) is 23.1. The van der Waals surface area contributed by atoms with E-state index in [-0.39, 0.29) is 11.7 Å². The molecule has 3 rings (SSSR count). The molecule has 36 heavy (non-hydrogen) atoms. The van der Waals surface area contributed by atoms with Gasteiger partial charge in [-0.05, 0) is 49.7 Å². The van der Waals surface area contributed by atoms with E-state index >= 15 is 0 Å². The molecule has 4 nitrogen and oxygen atoms in total. The summed E-state index contributed by atoms with van der Waals surface area (Å²) >= 11 is 0. The van der Waals surface area contributed by atoms with E-state index in [1.54, 1.807) is 19.1 Å². The quantitative estimate of drug-likeness (QED) is 0.210. The Hall–Kier alpha value is -3.40. The number of benzene rings is 3. The number of carbonyl (C=O) groups is 2. The first-order valence-corrected chi connectivity index (χ1v) is 13.0. The Balaban J connectivity index is 0.000000952. The van der Waals surface area contributed by atoms with Crippen LogP contribution in [0.5, 0.6) is 11.5 Å². The highest BCUT2D eigenvalue weighted by atomic mass is 16.5. The predicted octanol–water partition coefficient (Wildman–Crippen LogP) is 8.44. The van der Waals surface area contributed by atoms with Gasteiger partial charge in [-0.3, -0.25) is 9.59 Å². The average Bonchev–Trinajstić information content (AvgIpc) is 2.96. The smallest absolute Gasteiger partial charge is 0.193 e. The van der Waals surface area contributed by atoms with E-state index in [0.29, 0.717) is 30.1 Å². The number of hydrogen-bond acceptors (Lipinski definition) is 4. The van der Waals surface area contributed by atoms with Crippen LogP contribution < -0.4 is 9.47 Å². The second kappa shape index (κ2) is 20.9. The Bertz CT molecular complexity index is 935. The topological polar surface area (TPSA) is 52.6 Å². The van der Waals surface area contributed by atoms with Crippen molar-refractivity contribution < 1.29 is 19.1 Å². The van der Waals surface area contributed by atoms with E-state index < -0.39 is 0 Å². The zero-order chi connectivity index (χ0) is 27.2. The second-order valence-corrected chi connectivity index (χ2v) is 7.50. The van der Waals surface area contributed by atoms with Crippen molar-refractivity contribution in [3.63, 3.8) is 0 Å². The summed E-state index contributed by atoms with van der Waals surface area (Å²) in [5, 5.41) is 0. The summed E-state index contributed by atoms with van der Waals surface area (Å²) in [6.45, 7) is 14.8. The van der Waals surface area contributed by atoms with Crippen LogP contribution in [0.3, 0.4) is 0 Å². The molecule has 0 aromatic heterocycles. The van der Waals surface area contributed by atoms with Gasteiger partial charge in [-0.15, -0.1) is 0 Å². The van der Waals surface area contributed by atoms with E-state index in [1.165, 1.54) is 0 Å². The maximum atomic E-state index is 12.3. The van der Waals surface area contributed by atoms with Gasteiger partial charge in [-0.2, -0.15) is 0 Å². The van der Waals surface area contributed by atoms with Gasteiger partial charge in [0.15, 0.2) is 5.78 Å². The third-order valence-electron chi connectivity index (χ3n) is 5.03. The highest BCUT2D eigenvalue weighted by Crippen LogP contribution is 2.16. The summed E-state index contributed by atoms with van der Waals surface area (Å²) in [6, 6.07) is 26.2. The van der Waals surface area contributed by atoms with Gasteiger partial charge in [-0.25, -0.2) is 0 Å². The number of ether oxygens (including phenoxy) is 2.